The molecule has 8 aromatic carbocycles. The molecule has 0 fully saturated rings. The summed E-state index contributed by atoms with van der Waals surface area (Å²) >= 11 is 0. The molecule has 0 aromatic heterocycles. The second kappa shape index (κ2) is 14.3. The van der Waals surface area contributed by atoms with E-state index in [0.717, 1.165) is 61.7 Å². The molecule has 0 amide bonds. The maximum absolute atomic E-state index is 14.7. The number of benzene rings is 8. The Morgan fingerprint density at radius 2 is 0.860 bits per heavy atom. The van der Waals surface area contributed by atoms with E-state index >= 15 is 0 Å². The molecule has 9 rings (SSSR count). The van der Waals surface area contributed by atoms with Crippen LogP contribution in [0.5, 0.6) is 0 Å². The molecule has 266 valence electrons. The van der Waals surface area contributed by atoms with Crippen molar-refractivity contribution in [1.29, 1.82) is 15.8 Å². The van der Waals surface area contributed by atoms with Crippen LogP contribution in [0.25, 0.3) is 44.5 Å². The van der Waals surface area contributed by atoms with E-state index in [0.29, 0.717) is 28.1 Å². The number of anilines is 3. The third kappa shape index (κ3) is 6.00. The zero-order chi connectivity index (χ0) is 38.9. The summed E-state index contributed by atoms with van der Waals surface area (Å²) in [4.78, 5) is 2.22. The second-order valence-electron chi connectivity index (χ2n) is 13.8. The summed E-state index contributed by atoms with van der Waals surface area (Å²) in [7, 11) is 0. The second-order valence-corrected chi connectivity index (χ2v) is 13.8. The minimum atomic E-state index is -0.618. The SMILES string of the molecule is N#Cc1cc(C#N)c(-c2ccc(-c3ccc(N(c4ccccc4)c4ccc(-c5ccc6c(c5)-c5ccccc5[N+]6([O-])c5ccccc5)cc4)cc3)cc2)c(C#N)c1. The summed E-state index contributed by atoms with van der Waals surface area (Å²) in [6, 6.07) is 67.9. The van der Waals surface area contributed by atoms with Crippen LogP contribution in [0, 0.1) is 39.2 Å². The molecule has 1 aliphatic heterocycles. The zero-order valence-electron chi connectivity index (χ0n) is 30.5. The molecule has 1 unspecified atom stereocenters. The van der Waals surface area contributed by atoms with E-state index in [-0.39, 0.29) is 5.56 Å². The van der Waals surface area contributed by atoms with E-state index < -0.39 is 4.65 Å². The zero-order valence-corrected chi connectivity index (χ0v) is 30.5. The maximum Gasteiger partial charge on any atom is 0.151 e. The van der Waals surface area contributed by atoms with Crippen LogP contribution >= 0.6 is 0 Å². The van der Waals surface area contributed by atoms with Gasteiger partial charge in [-0.1, -0.05) is 97.1 Å². The summed E-state index contributed by atoms with van der Waals surface area (Å²) in [5.41, 5.74) is 13.2. The van der Waals surface area contributed by atoms with Crippen molar-refractivity contribution in [1.82, 2.24) is 4.65 Å². The van der Waals surface area contributed by atoms with Gasteiger partial charge in [0.2, 0.25) is 0 Å². The smallest absolute Gasteiger partial charge is 0.151 e. The van der Waals surface area contributed by atoms with Crippen LogP contribution in [0.15, 0.2) is 188 Å². The van der Waals surface area contributed by atoms with E-state index in [1.54, 1.807) is 0 Å². The Kier molecular flexibility index (Phi) is 8.71. The Morgan fingerprint density at radius 1 is 0.404 bits per heavy atom. The predicted molar refractivity (Wildman–Crippen MR) is 228 cm³/mol. The molecule has 6 heteroatoms. The van der Waals surface area contributed by atoms with Crippen LogP contribution in [0.1, 0.15) is 16.7 Å². The van der Waals surface area contributed by atoms with Crippen LogP contribution in [-0.4, -0.2) is 0 Å². The quantitative estimate of drug-likeness (QED) is 0.120. The third-order valence-corrected chi connectivity index (χ3v) is 10.6. The number of hydrogen-bond donors (Lipinski definition) is 0. The molecule has 0 spiro atoms. The van der Waals surface area contributed by atoms with Gasteiger partial charge in [-0.2, -0.15) is 15.8 Å². The van der Waals surface area contributed by atoms with Gasteiger partial charge in [-0.05, 0) is 94.5 Å². The summed E-state index contributed by atoms with van der Waals surface area (Å²) in [6.07, 6.45) is 0. The van der Waals surface area contributed by atoms with Gasteiger partial charge in [0.25, 0.3) is 0 Å². The average molecular weight is 730 g/mol. The molecule has 6 nitrogen and oxygen atoms in total. The topological polar surface area (TPSA) is 97.7 Å². The van der Waals surface area contributed by atoms with Crippen LogP contribution in [0.2, 0.25) is 0 Å². The molecule has 1 aliphatic rings. The number of rotatable bonds is 7. The summed E-state index contributed by atoms with van der Waals surface area (Å²) < 4.78 is -0.618. The van der Waals surface area contributed by atoms with Gasteiger partial charge in [-0.25, -0.2) is 0 Å². The van der Waals surface area contributed by atoms with Gasteiger partial charge in [-0.3, -0.25) is 4.65 Å². The summed E-state index contributed by atoms with van der Waals surface area (Å²) in [5, 5.41) is 43.6. The summed E-state index contributed by atoms with van der Waals surface area (Å²) in [5.74, 6) is 0. The highest BCUT2D eigenvalue weighted by Crippen LogP contribution is 2.57. The highest BCUT2D eigenvalue weighted by atomic mass is 16.5. The van der Waals surface area contributed by atoms with E-state index in [1.807, 2.05) is 115 Å². The van der Waals surface area contributed by atoms with Gasteiger partial charge < -0.3 is 10.1 Å². The molecule has 0 aliphatic carbocycles. The molecule has 0 radical (unpaired) electrons. The lowest BCUT2D eigenvalue weighted by atomic mass is 9.92. The average Bonchev–Trinajstić information content (AvgIpc) is 3.55. The maximum atomic E-state index is 14.7. The molecule has 8 aromatic rings. The van der Waals surface area contributed by atoms with E-state index in [2.05, 4.69) is 83.8 Å². The van der Waals surface area contributed by atoms with Gasteiger partial charge in [0.1, 0.15) is 5.69 Å². The van der Waals surface area contributed by atoms with Crippen molar-refractivity contribution in [2.24, 2.45) is 0 Å². The number of fused-ring (bicyclic) bond motifs is 3. The lowest BCUT2D eigenvalue weighted by Crippen LogP contribution is -2.28. The first kappa shape index (κ1) is 34.7. The Balaban J connectivity index is 1.02. The Labute approximate surface area is 331 Å². The van der Waals surface area contributed by atoms with E-state index in [9.17, 15) is 21.0 Å². The number of nitriles is 3. The molecular formula is C51H31N5O. The first-order valence-electron chi connectivity index (χ1n) is 18.5. The Hall–Kier alpha value is -8.05. The lowest BCUT2D eigenvalue weighted by molar-refractivity contribution is 0.710. The van der Waals surface area contributed by atoms with Crippen molar-refractivity contribution < 1.29 is 0 Å². The first-order valence-corrected chi connectivity index (χ1v) is 18.5. The lowest BCUT2D eigenvalue weighted by Gasteiger charge is -2.38. The number of hydrogen-bond acceptors (Lipinski definition) is 5. The Morgan fingerprint density at radius 3 is 1.44 bits per heavy atom. The molecule has 0 N–H and O–H groups in total. The molecule has 0 bridgehead atoms. The standard InChI is InChI=1S/C51H31N5O/c52-32-35-29-41(33-53)51(42(30-35)34-54)39-17-15-36(16-18-39)37-19-24-44(25-20-37)55(43-9-3-1-4-10-43)45-26-21-38(22-27-45)40-23-28-50-48(31-40)47-13-7-8-14-49(47)56(50,57)46-11-5-2-6-12-46/h1-31H. The molecule has 0 saturated carbocycles. The molecule has 1 heterocycles. The van der Waals surface area contributed by atoms with Gasteiger partial charge in [0.05, 0.1) is 40.5 Å². The van der Waals surface area contributed by atoms with Crippen LogP contribution in [0.3, 0.4) is 0 Å². The fourth-order valence-electron chi connectivity index (χ4n) is 7.88. The van der Waals surface area contributed by atoms with Crippen LogP contribution in [-0.2, 0) is 0 Å². The van der Waals surface area contributed by atoms with Crippen molar-refractivity contribution in [2.45, 2.75) is 0 Å². The highest BCUT2D eigenvalue weighted by Gasteiger charge is 2.39. The van der Waals surface area contributed by atoms with Gasteiger partial charge in [-0.15, -0.1) is 0 Å². The third-order valence-electron chi connectivity index (χ3n) is 10.6. The van der Waals surface area contributed by atoms with Crippen molar-refractivity contribution in [3.63, 3.8) is 0 Å². The monoisotopic (exact) mass is 729 g/mol. The number of quaternary nitrogens is 1. The largest absolute Gasteiger partial charge is 0.616 e. The van der Waals surface area contributed by atoms with Crippen molar-refractivity contribution in [3.05, 3.63) is 210 Å². The predicted octanol–water partition coefficient (Wildman–Crippen LogP) is 13.2. The first-order chi connectivity index (χ1) is 28.0. The number of nitrogens with zero attached hydrogens (tertiary/aromatic N) is 5. The molecular weight excluding hydrogens is 699 g/mol. The Bertz CT molecular complexity index is 2890. The van der Waals surface area contributed by atoms with Gasteiger partial charge >= 0.3 is 0 Å². The van der Waals surface area contributed by atoms with Gasteiger partial charge in [0.15, 0.2) is 11.4 Å². The van der Waals surface area contributed by atoms with Crippen molar-refractivity contribution in [3.8, 4) is 62.7 Å². The fourth-order valence-corrected chi connectivity index (χ4v) is 7.88. The summed E-state index contributed by atoms with van der Waals surface area (Å²) in [6.45, 7) is 0. The van der Waals surface area contributed by atoms with E-state index in [1.165, 1.54) is 12.1 Å². The minimum absolute atomic E-state index is 0.283. The van der Waals surface area contributed by atoms with Crippen LogP contribution < -0.4 is 9.55 Å². The minimum Gasteiger partial charge on any atom is -0.616 e. The fraction of sp³-hybridized carbons (Fsp3) is 0. The van der Waals surface area contributed by atoms with E-state index in [4.69, 9.17) is 0 Å². The van der Waals surface area contributed by atoms with Gasteiger partial charge in [0, 0.05) is 52.5 Å². The highest BCUT2D eigenvalue weighted by molar-refractivity contribution is 6.00. The van der Waals surface area contributed by atoms with Crippen LogP contribution in [0.4, 0.5) is 34.1 Å². The normalized spacial score (nSPS) is 13.7. The number of para-hydroxylation sites is 3. The van der Waals surface area contributed by atoms with Crippen molar-refractivity contribution >= 4 is 34.1 Å². The molecule has 1 atom stereocenters. The molecule has 57 heavy (non-hydrogen) atoms. The van der Waals surface area contributed by atoms with Crippen molar-refractivity contribution in [2.75, 3.05) is 4.90 Å². The molecule has 0 saturated heterocycles.